The fraction of sp³-hybridized carbons (Fsp3) is 0. The van der Waals surface area contributed by atoms with Gasteiger partial charge in [-0.25, -0.2) is 4.39 Å². The molecule has 0 N–H and O–H groups in total. The normalized spacial score (nSPS) is 11.0. The van der Waals surface area contributed by atoms with Crippen molar-refractivity contribution >= 4 is 22.9 Å². The van der Waals surface area contributed by atoms with E-state index in [1.807, 2.05) is 42.5 Å². The van der Waals surface area contributed by atoms with Crippen molar-refractivity contribution in [2.75, 3.05) is 0 Å². The molecule has 15 heavy (non-hydrogen) atoms. The van der Waals surface area contributed by atoms with Crippen molar-refractivity contribution in [1.29, 1.82) is 0 Å². The van der Waals surface area contributed by atoms with Gasteiger partial charge in [-0.1, -0.05) is 49.1 Å². The highest BCUT2D eigenvalue weighted by Crippen LogP contribution is 2.24. The standard InChI is InChI=1S/C14H11F/c1-2-11-7-8-12(9-10-15)14-6-4-3-5-13(11)14/h2-10H,1H2/b10-9+. The first kappa shape index (κ1) is 9.66. The van der Waals surface area contributed by atoms with Gasteiger partial charge in [-0.05, 0) is 28.0 Å². The molecule has 0 nitrogen and oxygen atoms in total. The summed E-state index contributed by atoms with van der Waals surface area (Å²) >= 11 is 0. The van der Waals surface area contributed by atoms with Crippen LogP contribution in [0.15, 0.2) is 49.3 Å². The summed E-state index contributed by atoms with van der Waals surface area (Å²) in [6.45, 7) is 3.76. The highest BCUT2D eigenvalue weighted by atomic mass is 19.1. The lowest BCUT2D eigenvalue weighted by Gasteiger charge is -2.05. The van der Waals surface area contributed by atoms with E-state index in [1.54, 1.807) is 0 Å². The first-order valence-corrected chi connectivity index (χ1v) is 4.78. The smallest absolute Gasteiger partial charge is 0.0873 e. The van der Waals surface area contributed by atoms with Gasteiger partial charge in [-0.2, -0.15) is 0 Å². The lowest BCUT2D eigenvalue weighted by atomic mass is 9.99. The lowest BCUT2D eigenvalue weighted by Crippen LogP contribution is -1.81. The van der Waals surface area contributed by atoms with E-state index < -0.39 is 0 Å². The Kier molecular flexibility index (Phi) is 2.64. The fourth-order valence-corrected chi connectivity index (χ4v) is 1.74. The molecular formula is C14H11F. The van der Waals surface area contributed by atoms with Crippen molar-refractivity contribution in [1.82, 2.24) is 0 Å². The van der Waals surface area contributed by atoms with Crippen LogP contribution in [0.25, 0.3) is 22.9 Å². The number of rotatable bonds is 2. The molecule has 0 radical (unpaired) electrons. The third-order valence-electron chi connectivity index (χ3n) is 2.45. The molecule has 0 aromatic heterocycles. The Morgan fingerprint density at radius 1 is 0.933 bits per heavy atom. The molecule has 2 aromatic rings. The van der Waals surface area contributed by atoms with Crippen LogP contribution in [0.1, 0.15) is 11.1 Å². The highest BCUT2D eigenvalue weighted by Gasteiger charge is 2.00. The molecule has 0 heterocycles. The molecule has 2 aromatic carbocycles. The predicted octanol–water partition coefficient (Wildman–Crippen LogP) is 4.42. The minimum atomic E-state index is 0.565. The summed E-state index contributed by atoms with van der Waals surface area (Å²) < 4.78 is 12.2. The van der Waals surface area contributed by atoms with Crippen LogP contribution < -0.4 is 0 Å². The summed E-state index contributed by atoms with van der Waals surface area (Å²) in [5, 5.41) is 2.15. The molecule has 0 atom stereocenters. The summed E-state index contributed by atoms with van der Waals surface area (Å²) in [5.74, 6) is 0. The Labute approximate surface area is 88.4 Å². The van der Waals surface area contributed by atoms with Crippen LogP contribution in [0.4, 0.5) is 4.39 Å². The number of hydrogen-bond acceptors (Lipinski definition) is 0. The zero-order valence-electron chi connectivity index (χ0n) is 8.28. The van der Waals surface area contributed by atoms with Gasteiger partial charge in [0.25, 0.3) is 0 Å². The maximum atomic E-state index is 12.2. The van der Waals surface area contributed by atoms with Crippen LogP contribution in [0.5, 0.6) is 0 Å². The first-order chi connectivity index (χ1) is 7.36. The van der Waals surface area contributed by atoms with Crippen molar-refractivity contribution in [3.05, 3.63) is 60.4 Å². The Hall–Kier alpha value is -1.89. The molecule has 0 spiro atoms. The minimum Gasteiger partial charge on any atom is -0.216 e. The SMILES string of the molecule is C=Cc1ccc(/C=C/F)c2ccccc12. The topological polar surface area (TPSA) is 0 Å². The Morgan fingerprint density at radius 2 is 1.53 bits per heavy atom. The summed E-state index contributed by atoms with van der Waals surface area (Å²) in [7, 11) is 0. The second-order valence-corrected chi connectivity index (χ2v) is 3.29. The molecule has 0 aliphatic rings. The maximum Gasteiger partial charge on any atom is 0.0873 e. The van der Waals surface area contributed by atoms with Crippen molar-refractivity contribution in [3.8, 4) is 0 Å². The average molecular weight is 198 g/mol. The first-order valence-electron chi connectivity index (χ1n) is 4.78. The van der Waals surface area contributed by atoms with Crippen molar-refractivity contribution < 1.29 is 4.39 Å². The van der Waals surface area contributed by atoms with Crippen LogP contribution in [0, 0.1) is 0 Å². The van der Waals surface area contributed by atoms with E-state index in [0.717, 1.165) is 21.9 Å². The monoisotopic (exact) mass is 198 g/mol. The molecule has 0 aliphatic heterocycles. The third-order valence-corrected chi connectivity index (χ3v) is 2.45. The summed E-state index contributed by atoms with van der Waals surface area (Å²) in [5.41, 5.74) is 1.96. The van der Waals surface area contributed by atoms with Gasteiger partial charge >= 0.3 is 0 Å². The van der Waals surface area contributed by atoms with E-state index in [0.29, 0.717) is 6.33 Å². The second-order valence-electron chi connectivity index (χ2n) is 3.29. The van der Waals surface area contributed by atoms with Crippen LogP contribution in [-0.2, 0) is 0 Å². The van der Waals surface area contributed by atoms with Crippen LogP contribution >= 0.6 is 0 Å². The highest BCUT2D eigenvalue weighted by molar-refractivity contribution is 5.96. The van der Waals surface area contributed by atoms with Crippen LogP contribution in [0.3, 0.4) is 0 Å². The second kappa shape index (κ2) is 4.09. The maximum absolute atomic E-state index is 12.2. The van der Waals surface area contributed by atoms with Crippen molar-refractivity contribution in [2.24, 2.45) is 0 Å². The number of fused-ring (bicyclic) bond motifs is 1. The Morgan fingerprint density at radius 3 is 2.13 bits per heavy atom. The van der Waals surface area contributed by atoms with Gasteiger partial charge in [-0.15, -0.1) is 0 Å². The molecule has 0 saturated carbocycles. The van der Waals surface area contributed by atoms with E-state index in [-0.39, 0.29) is 0 Å². The molecule has 0 fully saturated rings. The number of benzene rings is 2. The average Bonchev–Trinajstić information content (AvgIpc) is 2.30. The molecule has 1 heteroatoms. The van der Waals surface area contributed by atoms with E-state index >= 15 is 0 Å². The van der Waals surface area contributed by atoms with E-state index in [2.05, 4.69) is 6.58 Å². The number of halogens is 1. The largest absolute Gasteiger partial charge is 0.216 e. The van der Waals surface area contributed by atoms with E-state index in [1.165, 1.54) is 6.08 Å². The lowest BCUT2D eigenvalue weighted by molar-refractivity contribution is 0.727. The molecule has 0 bridgehead atoms. The van der Waals surface area contributed by atoms with E-state index in [9.17, 15) is 4.39 Å². The Bertz CT molecular complexity index is 524. The number of hydrogen-bond donors (Lipinski definition) is 0. The van der Waals surface area contributed by atoms with Gasteiger partial charge in [0.2, 0.25) is 0 Å². The zero-order valence-corrected chi connectivity index (χ0v) is 8.28. The Balaban J connectivity index is 2.82. The summed E-state index contributed by atoms with van der Waals surface area (Å²) in [6.07, 6.45) is 3.84. The zero-order chi connectivity index (χ0) is 10.7. The van der Waals surface area contributed by atoms with Gasteiger partial charge in [0.15, 0.2) is 0 Å². The molecule has 0 amide bonds. The predicted molar refractivity (Wildman–Crippen MR) is 64.2 cm³/mol. The quantitative estimate of drug-likeness (QED) is 0.670. The minimum absolute atomic E-state index is 0.565. The summed E-state index contributed by atoms with van der Waals surface area (Å²) in [6, 6.07) is 11.8. The van der Waals surface area contributed by atoms with Crippen molar-refractivity contribution in [3.63, 3.8) is 0 Å². The van der Waals surface area contributed by atoms with Crippen molar-refractivity contribution in [2.45, 2.75) is 0 Å². The fourth-order valence-electron chi connectivity index (χ4n) is 1.74. The molecule has 0 saturated heterocycles. The van der Waals surface area contributed by atoms with Crippen LogP contribution in [0.2, 0.25) is 0 Å². The van der Waals surface area contributed by atoms with Gasteiger partial charge < -0.3 is 0 Å². The summed E-state index contributed by atoms with van der Waals surface area (Å²) in [4.78, 5) is 0. The molecule has 0 unspecified atom stereocenters. The molecule has 74 valence electrons. The molecular weight excluding hydrogens is 187 g/mol. The molecule has 2 rings (SSSR count). The third kappa shape index (κ3) is 1.68. The molecule has 0 aliphatic carbocycles. The van der Waals surface area contributed by atoms with Gasteiger partial charge in [0.1, 0.15) is 0 Å². The van der Waals surface area contributed by atoms with Gasteiger partial charge in [0.05, 0.1) is 6.33 Å². The van der Waals surface area contributed by atoms with E-state index in [4.69, 9.17) is 0 Å². The van der Waals surface area contributed by atoms with Gasteiger partial charge in [0, 0.05) is 0 Å². The van der Waals surface area contributed by atoms with Crippen LogP contribution in [-0.4, -0.2) is 0 Å². The van der Waals surface area contributed by atoms with Gasteiger partial charge in [-0.3, -0.25) is 0 Å².